The Bertz CT molecular complexity index is 1030. The number of amidine groups is 1. The number of hydrogen-bond acceptors (Lipinski definition) is 7. The Hall–Kier alpha value is -3.02. The second-order valence-electron chi connectivity index (χ2n) is 7.08. The van der Waals surface area contributed by atoms with Gasteiger partial charge in [-0.05, 0) is 43.3 Å². The van der Waals surface area contributed by atoms with Crippen molar-refractivity contribution >= 4 is 40.1 Å². The summed E-state index contributed by atoms with van der Waals surface area (Å²) in [6.45, 7) is 2.84. The van der Waals surface area contributed by atoms with E-state index in [1.54, 1.807) is 24.3 Å². The number of benzene rings is 2. The van der Waals surface area contributed by atoms with E-state index >= 15 is 0 Å². The van der Waals surface area contributed by atoms with Gasteiger partial charge in [-0.2, -0.15) is 0 Å². The number of halogens is 2. The highest BCUT2D eigenvalue weighted by molar-refractivity contribution is 8.14. The van der Waals surface area contributed by atoms with Crippen LogP contribution in [0, 0.1) is 17.6 Å². The van der Waals surface area contributed by atoms with Crippen molar-refractivity contribution in [3.63, 3.8) is 0 Å². The number of nitrogens with zero attached hydrogens (tertiary/aromatic N) is 2. The fourth-order valence-electron chi connectivity index (χ4n) is 3.42. The average Bonchev–Trinajstić information content (AvgIpc) is 3.22. The maximum atomic E-state index is 13.4. The lowest BCUT2D eigenvalue weighted by Crippen LogP contribution is -2.49. The molecule has 0 spiro atoms. The van der Waals surface area contributed by atoms with Crippen molar-refractivity contribution in [1.29, 1.82) is 0 Å². The molecule has 2 unspecified atom stereocenters. The molecule has 0 aliphatic carbocycles. The van der Waals surface area contributed by atoms with Crippen molar-refractivity contribution in [2.45, 2.75) is 13.1 Å². The second-order valence-corrected chi connectivity index (χ2v) is 8.03. The number of aliphatic imine (C=N–C) groups is 1. The first kappa shape index (κ1) is 22.2. The Morgan fingerprint density at radius 2 is 1.97 bits per heavy atom. The van der Waals surface area contributed by atoms with Gasteiger partial charge in [0, 0.05) is 18.3 Å². The molecule has 2 heterocycles. The van der Waals surface area contributed by atoms with Crippen LogP contribution in [0.1, 0.15) is 6.92 Å². The number of rotatable bonds is 6. The highest BCUT2D eigenvalue weighted by Gasteiger charge is 2.42. The lowest BCUT2D eigenvalue weighted by atomic mass is 10.0. The zero-order valence-corrected chi connectivity index (χ0v) is 17.9. The molecule has 1 fully saturated rings. The zero-order valence-electron chi connectivity index (χ0n) is 17.1. The molecule has 2 aromatic carbocycles. The summed E-state index contributed by atoms with van der Waals surface area (Å²) in [5.41, 5.74) is 6.51. The van der Waals surface area contributed by atoms with Gasteiger partial charge in [-0.3, -0.25) is 19.9 Å². The van der Waals surface area contributed by atoms with E-state index in [1.807, 2.05) is 6.92 Å². The van der Waals surface area contributed by atoms with Gasteiger partial charge < -0.3 is 10.1 Å². The highest BCUT2D eigenvalue weighted by Crippen LogP contribution is 2.30. The number of hydrazine groups is 1. The Morgan fingerprint density at radius 1 is 1.25 bits per heavy atom. The minimum atomic E-state index is -0.789. The first-order valence-electron chi connectivity index (χ1n) is 9.96. The summed E-state index contributed by atoms with van der Waals surface area (Å²) >= 11 is 1.06. The van der Waals surface area contributed by atoms with Crippen molar-refractivity contribution < 1.29 is 23.1 Å². The summed E-state index contributed by atoms with van der Waals surface area (Å²) in [6, 6.07) is 9.81. The van der Waals surface area contributed by atoms with Crippen molar-refractivity contribution in [3.05, 3.63) is 54.1 Å². The first-order chi connectivity index (χ1) is 15.4. The van der Waals surface area contributed by atoms with Crippen LogP contribution in [0.4, 0.5) is 20.2 Å². The third kappa shape index (κ3) is 4.90. The second kappa shape index (κ2) is 9.63. The van der Waals surface area contributed by atoms with Gasteiger partial charge in [0.2, 0.25) is 11.8 Å². The number of ether oxygens (including phenoxy) is 1. The normalized spacial score (nSPS) is 20.0. The molecule has 11 heteroatoms. The van der Waals surface area contributed by atoms with E-state index in [4.69, 9.17) is 4.74 Å². The Morgan fingerprint density at radius 3 is 2.66 bits per heavy atom. The van der Waals surface area contributed by atoms with Crippen LogP contribution < -0.4 is 25.8 Å². The van der Waals surface area contributed by atoms with Crippen LogP contribution in [0.25, 0.3) is 0 Å². The van der Waals surface area contributed by atoms with Crippen molar-refractivity contribution in [3.8, 4) is 5.75 Å². The molecule has 0 aromatic heterocycles. The summed E-state index contributed by atoms with van der Waals surface area (Å²) < 4.78 is 32.2. The maximum Gasteiger partial charge on any atom is 0.241 e. The third-order valence-electron chi connectivity index (χ3n) is 4.82. The lowest BCUT2D eigenvalue weighted by Gasteiger charge is -2.32. The molecule has 3 N–H and O–H groups in total. The molecule has 0 bridgehead atoms. The smallest absolute Gasteiger partial charge is 0.241 e. The molecule has 2 aliphatic heterocycles. The minimum absolute atomic E-state index is 0.0138. The number of carbonyl (C=O) groups excluding carboxylic acids is 2. The molecule has 1 saturated heterocycles. The minimum Gasteiger partial charge on any atom is -0.494 e. The van der Waals surface area contributed by atoms with E-state index in [-0.39, 0.29) is 23.3 Å². The van der Waals surface area contributed by atoms with Gasteiger partial charge in [-0.15, -0.1) is 0 Å². The van der Waals surface area contributed by atoms with Crippen molar-refractivity contribution in [2.75, 3.05) is 29.1 Å². The van der Waals surface area contributed by atoms with Gasteiger partial charge >= 0.3 is 0 Å². The van der Waals surface area contributed by atoms with Crippen LogP contribution in [0.15, 0.2) is 47.5 Å². The predicted molar refractivity (Wildman–Crippen MR) is 118 cm³/mol. The summed E-state index contributed by atoms with van der Waals surface area (Å²) in [5, 5.41) is 2.80. The monoisotopic (exact) mass is 461 g/mol. The fraction of sp³-hybridized carbons (Fsp3) is 0.286. The third-order valence-corrected chi connectivity index (χ3v) is 5.77. The Labute approximate surface area is 187 Å². The van der Waals surface area contributed by atoms with Gasteiger partial charge in [0.25, 0.3) is 0 Å². The topological polar surface area (TPSA) is 95.1 Å². The van der Waals surface area contributed by atoms with Gasteiger partial charge in [-0.1, -0.05) is 11.8 Å². The number of thioether (sulfide) groups is 1. The van der Waals surface area contributed by atoms with E-state index in [2.05, 4.69) is 21.2 Å². The van der Waals surface area contributed by atoms with Gasteiger partial charge in [0.1, 0.15) is 23.5 Å². The van der Waals surface area contributed by atoms with Crippen LogP contribution in [-0.4, -0.2) is 42.1 Å². The van der Waals surface area contributed by atoms with Crippen molar-refractivity contribution in [1.82, 2.24) is 10.9 Å². The van der Waals surface area contributed by atoms with E-state index in [9.17, 15) is 18.4 Å². The van der Waals surface area contributed by atoms with E-state index in [0.717, 1.165) is 30.0 Å². The summed E-state index contributed by atoms with van der Waals surface area (Å²) in [6.07, 6.45) is -0.440. The summed E-state index contributed by atoms with van der Waals surface area (Å²) in [7, 11) is 0. The number of amides is 2. The van der Waals surface area contributed by atoms with E-state index < -0.39 is 23.7 Å². The average molecular weight is 461 g/mol. The number of anilines is 2. The highest BCUT2D eigenvalue weighted by atomic mass is 32.2. The predicted octanol–water partition coefficient (Wildman–Crippen LogP) is 2.49. The summed E-state index contributed by atoms with van der Waals surface area (Å²) in [4.78, 5) is 31.6. The van der Waals surface area contributed by atoms with Crippen LogP contribution in [0.3, 0.4) is 0 Å². The molecule has 2 aliphatic rings. The molecule has 4 rings (SSSR count). The SMILES string of the molecule is CCOc1ccc(N2C(=O)C3CNNC3N=C2SCC(=O)Nc2cc(F)cc(F)c2)cc1. The van der Waals surface area contributed by atoms with Crippen molar-refractivity contribution in [2.24, 2.45) is 10.9 Å². The molecule has 0 radical (unpaired) electrons. The lowest BCUT2D eigenvalue weighted by molar-refractivity contribution is -0.121. The molecule has 2 aromatic rings. The molecule has 168 valence electrons. The van der Waals surface area contributed by atoms with E-state index in [1.165, 1.54) is 4.90 Å². The van der Waals surface area contributed by atoms with Crippen LogP contribution >= 0.6 is 11.8 Å². The zero-order chi connectivity index (χ0) is 22.7. The Balaban J connectivity index is 1.51. The molecule has 0 saturated carbocycles. The van der Waals surface area contributed by atoms with Crippen LogP contribution in [0.5, 0.6) is 5.75 Å². The maximum absolute atomic E-state index is 13.4. The first-order valence-corrected chi connectivity index (χ1v) is 10.9. The van der Waals surface area contributed by atoms with Gasteiger partial charge in [0.05, 0.1) is 24.0 Å². The molecule has 2 amide bonds. The summed E-state index contributed by atoms with van der Waals surface area (Å²) in [5.74, 6) is -2.03. The van der Waals surface area contributed by atoms with Gasteiger partial charge in [0.15, 0.2) is 5.17 Å². The number of hydrogen-bond donors (Lipinski definition) is 3. The largest absolute Gasteiger partial charge is 0.494 e. The molecule has 8 nitrogen and oxygen atoms in total. The standard InChI is InChI=1S/C21H21F2N5O3S/c1-2-31-16-5-3-15(4-6-16)28-20(30)17-10-24-27-19(17)26-21(28)32-11-18(29)25-14-8-12(22)7-13(23)9-14/h3-9,17,19,24,27H,2,10-11H2,1H3,(H,25,29). The molecular weight excluding hydrogens is 440 g/mol. The van der Waals surface area contributed by atoms with Crippen LogP contribution in [-0.2, 0) is 9.59 Å². The van der Waals surface area contributed by atoms with Crippen LogP contribution in [0.2, 0.25) is 0 Å². The molecule has 32 heavy (non-hydrogen) atoms. The quantitative estimate of drug-likeness (QED) is 0.612. The van der Waals surface area contributed by atoms with E-state index in [0.29, 0.717) is 29.8 Å². The number of carbonyl (C=O) groups is 2. The fourth-order valence-corrected chi connectivity index (χ4v) is 4.26. The number of nitrogens with one attached hydrogen (secondary N) is 3. The Kier molecular flexibility index (Phi) is 6.68. The molecular formula is C21H21F2N5O3S. The van der Waals surface area contributed by atoms with Gasteiger partial charge in [-0.25, -0.2) is 19.2 Å². The number of fused-ring (bicyclic) bond motifs is 1. The molecule has 2 atom stereocenters.